The average Bonchev–Trinajstić information content (AvgIpc) is 2.70. The van der Waals surface area contributed by atoms with E-state index in [2.05, 4.69) is 5.32 Å². The van der Waals surface area contributed by atoms with E-state index < -0.39 is 0 Å². The number of carbonyl (C=O) groups excluding carboxylic acids is 1. The molecule has 1 amide bonds. The molecule has 0 bridgehead atoms. The van der Waals surface area contributed by atoms with Crippen molar-refractivity contribution in [1.29, 1.82) is 0 Å². The number of rotatable bonds is 3. The Balaban J connectivity index is 2.08. The Labute approximate surface area is 106 Å². The molecule has 0 fully saturated rings. The summed E-state index contributed by atoms with van der Waals surface area (Å²) < 4.78 is 5.49. The molecule has 0 aromatic heterocycles. The lowest BCUT2D eigenvalue weighted by Crippen LogP contribution is -2.43. The van der Waals surface area contributed by atoms with E-state index in [9.17, 15) is 9.90 Å². The number of amides is 1. The van der Waals surface area contributed by atoms with Crippen LogP contribution in [0.3, 0.4) is 0 Å². The van der Waals surface area contributed by atoms with Gasteiger partial charge in [0, 0.05) is 25.7 Å². The number of likely N-dealkylation sites (N-methyl/N-ethyl adjacent to an activating group) is 1. The molecule has 1 aromatic rings. The van der Waals surface area contributed by atoms with Crippen molar-refractivity contribution in [3.8, 4) is 11.5 Å². The fourth-order valence-corrected chi connectivity index (χ4v) is 2.10. The molecule has 5 nitrogen and oxygen atoms in total. The number of phenols is 1. The van der Waals surface area contributed by atoms with Gasteiger partial charge in [-0.2, -0.15) is 0 Å². The maximum Gasteiger partial charge on any atom is 0.238 e. The van der Waals surface area contributed by atoms with E-state index in [1.54, 1.807) is 31.1 Å². The van der Waals surface area contributed by atoms with E-state index in [4.69, 9.17) is 4.74 Å². The van der Waals surface area contributed by atoms with Gasteiger partial charge in [-0.05, 0) is 19.1 Å². The highest BCUT2D eigenvalue weighted by atomic mass is 16.5. The molecule has 98 valence electrons. The number of fused-ring (bicyclic) bond motifs is 1. The van der Waals surface area contributed by atoms with E-state index in [1.165, 1.54) is 0 Å². The van der Waals surface area contributed by atoms with Crippen molar-refractivity contribution in [1.82, 2.24) is 10.2 Å². The summed E-state index contributed by atoms with van der Waals surface area (Å²) in [4.78, 5) is 13.3. The van der Waals surface area contributed by atoms with Gasteiger partial charge < -0.3 is 14.7 Å². The number of ether oxygens (including phenoxy) is 1. The minimum Gasteiger partial charge on any atom is -0.508 e. The van der Waals surface area contributed by atoms with Crippen LogP contribution in [0.25, 0.3) is 0 Å². The molecule has 2 N–H and O–H groups in total. The Morgan fingerprint density at radius 1 is 1.56 bits per heavy atom. The van der Waals surface area contributed by atoms with Crippen LogP contribution in [0, 0.1) is 0 Å². The summed E-state index contributed by atoms with van der Waals surface area (Å²) in [5.41, 5.74) is 0.978. The predicted octanol–water partition coefficient (Wildman–Crippen LogP) is 0.892. The molecule has 5 heteroatoms. The zero-order valence-electron chi connectivity index (χ0n) is 10.8. The quantitative estimate of drug-likeness (QED) is 0.836. The third-order valence-corrected chi connectivity index (χ3v) is 3.04. The molecule has 0 radical (unpaired) electrons. The molecular weight excluding hydrogens is 232 g/mol. The molecule has 18 heavy (non-hydrogen) atoms. The van der Waals surface area contributed by atoms with E-state index >= 15 is 0 Å². The molecular formula is C13H18N2O3. The van der Waals surface area contributed by atoms with Crippen molar-refractivity contribution in [3.05, 3.63) is 23.8 Å². The van der Waals surface area contributed by atoms with Gasteiger partial charge in [0.15, 0.2) is 0 Å². The third kappa shape index (κ3) is 2.41. The minimum atomic E-state index is -0.270. The molecule has 1 aliphatic heterocycles. The highest BCUT2D eigenvalue weighted by molar-refractivity contribution is 5.81. The topological polar surface area (TPSA) is 61.8 Å². The van der Waals surface area contributed by atoms with Crippen LogP contribution < -0.4 is 10.1 Å². The maximum atomic E-state index is 11.8. The SMILES string of the molecule is CC(NC1COc2cc(O)ccc21)C(=O)N(C)C. The van der Waals surface area contributed by atoms with Gasteiger partial charge in [0.25, 0.3) is 0 Å². The standard InChI is InChI=1S/C13H18N2O3/c1-8(13(17)15(2)3)14-11-7-18-12-6-9(16)4-5-10(11)12/h4-6,8,11,14,16H,7H2,1-3H3. The molecule has 0 saturated heterocycles. The molecule has 0 saturated carbocycles. The van der Waals surface area contributed by atoms with Gasteiger partial charge >= 0.3 is 0 Å². The maximum absolute atomic E-state index is 11.8. The molecule has 1 aromatic carbocycles. The van der Waals surface area contributed by atoms with E-state index in [0.29, 0.717) is 12.4 Å². The largest absolute Gasteiger partial charge is 0.508 e. The molecule has 1 aliphatic rings. The first-order valence-electron chi connectivity index (χ1n) is 5.92. The summed E-state index contributed by atoms with van der Waals surface area (Å²) >= 11 is 0. The first-order valence-corrected chi connectivity index (χ1v) is 5.92. The Morgan fingerprint density at radius 3 is 2.94 bits per heavy atom. The van der Waals surface area contributed by atoms with Gasteiger partial charge in [0.2, 0.25) is 5.91 Å². The van der Waals surface area contributed by atoms with Crippen LogP contribution in [0.5, 0.6) is 11.5 Å². The number of carbonyl (C=O) groups is 1. The normalized spacial score (nSPS) is 18.9. The Kier molecular flexibility index (Phi) is 3.43. The van der Waals surface area contributed by atoms with Gasteiger partial charge in [-0.1, -0.05) is 0 Å². The molecule has 2 rings (SSSR count). The first-order chi connectivity index (χ1) is 8.49. The predicted molar refractivity (Wildman–Crippen MR) is 67.6 cm³/mol. The van der Waals surface area contributed by atoms with Gasteiger partial charge in [-0.3, -0.25) is 10.1 Å². The monoisotopic (exact) mass is 250 g/mol. The summed E-state index contributed by atoms with van der Waals surface area (Å²) in [5.74, 6) is 0.894. The first kappa shape index (κ1) is 12.7. The number of nitrogens with one attached hydrogen (secondary N) is 1. The zero-order chi connectivity index (χ0) is 13.3. The van der Waals surface area contributed by atoms with E-state index in [1.807, 2.05) is 13.0 Å². The summed E-state index contributed by atoms with van der Waals surface area (Å²) in [6.07, 6.45) is 0. The molecule has 1 heterocycles. The number of nitrogens with zero attached hydrogens (tertiary/aromatic N) is 1. The second kappa shape index (κ2) is 4.86. The number of phenolic OH excluding ortho intramolecular Hbond substituents is 1. The zero-order valence-corrected chi connectivity index (χ0v) is 10.8. The van der Waals surface area contributed by atoms with Crippen LogP contribution in [-0.4, -0.2) is 42.7 Å². The van der Waals surface area contributed by atoms with Crippen molar-refractivity contribution in [2.45, 2.75) is 19.0 Å². The van der Waals surface area contributed by atoms with Gasteiger partial charge in [0.1, 0.15) is 18.1 Å². The summed E-state index contributed by atoms with van der Waals surface area (Å²) in [5, 5.41) is 12.6. The third-order valence-electron chi connectivity index (χ3n) is 3.04. The second-order valence-electron chi connectivity index (χ2n) is 4.71. The van der Waals surface area contributed by atoms with Crippen molar-refractivity contribution < 1.29 is 14.6 Å². The van der Waals surface area contributed by atoms with Crippen LogP contribution in [0.15, 0.2) is 18.2 Å². The van der Waals surface area contributed by atoms with Crippen LogP contribution in [0.4, 0.5) is 0 Å². The van der Waals surface area contributed by atoms with Crippen molar-refractivity contribution in [2.75, 3.05) is 20.7 Å². The highest BCUT2D eigenvalue weighted by Crippen LogP contribution is 2.35. The number of hydrogen-bond acceptors (Lipinski definition) is 4. The Hall–Kier alpha value is -1.75. The summed E-state index contributed by atoms with van der Waals surface area (Å²) in [6.45, 7) is 2.31. The van der Waals surface area contributed by atoms with E-state index in [0.717, 1.165) is 5.56 Å². The number of hydrogen-bond donors (Lipinski definition) is 2. The smallest absolute Gasteiger partial charge is 0.238 e. The van der Waals surface area contributed by atoms with Crippen LogP contribution in [-0.2, 0) is 4.79 Å². The van der Waals surface area contributed by atoms with Crippen LogP contribution in [0.2, 0.25) is 0 Å². The Bertz CT molecular complexity index is 460. The lowest BCUT2D eigenvalue weighted by atomic mass is 10.1. The lowest BCUT2D eigenvalue weighted by molar-refractivity contribution is -0.130. The van der Waals surface area contributed by atoms with Crippen LogP contribution >= 0.6 is 0 Å². The van der Waals surface area contributed by atoms with Gasteiger partial charge in [-0.25, -0.2) is 0 Å². The number of benzene rings is 1. The molecule has 0 aliphatic carbocycles. The lowest BCUT2D eigenvalue weighted by Gasteiger charge is -2.21. The molecule has 2 unspecified atom stereocenters. The molecule has 0 spiro atoms. The fraction of sp³-hybridized carbons (Fsp3) is 0.462. The van der Waals surface area contributed by atoms with E-state index in [-0.39, 0.29) is 23.7 Å². The molecule has 2 atom stereocenters. The average molecular weight is 250 g/mol. The van der Waals surface area contributed by atoms with Crippen molar-refractivity contribution >= 4 is 5.91 Å². The van der Waals surface area contributed by atoms with Crippen LogP contribution in [0.1, 0.15) is 18.5 Å². The number of aromatic hydroxyl groups is 1. The highest BCUT2D eigenvalue weighted by Gasteiger charge is 2.27. The summed E-state index contributed by atoms with van der Waals surface area (Å²) in [7, 11) is 3.47. The Morgan fingerprint density at radius 2 is 2.28 bits per heavy atom. The summed E-state index contributed by atoms with van der Waals surface area (Å²) in [6, 6.07) is 4.76. The second-order valence-corrected chi connectivity index (χ2v) is 4.71. The van der Waals surface area contributed by atoms with Gasteiger partial charge in [0.05, 0.1) is 12.1 Å². The minimum absolute atomic E-state index is 0.0144. The van der Waals surface area contributed by atoms with Crippen molar-refractivity contribution in [2.24, 2.45) is 0 Å². The fourth-order valence-electron chi connectivity index (χ4n) is 2.10. The van der Waals surface area contributed by atoms with Gasteiger partial charge in [-0.15, -0.1) is 0 Å². The van der Waals surface area contributed by atoms with Crippen molar-refractivity contribution in [3.63, 3.8) is 0 Å².